The number of ether oxygens (including phenoxy) is 2. The van der Waals surface area contributed by atoms with Gasteiger partial charge in [0.25, 0.3) is 0 Å². The fourth-order valence-electron chi connectivity index (χ4n) is 2.74. The van der Waals surface area contributed by atoms with Crippen molar-refractivity contribution in [2.75, 3.05) is 13.7 Å². The number of methoxy groups -OCH3 is 1. The van der Waals surface area contributed by atoms with Crippen molar-refractivity contribution in [2.24, 2.45) is 0 Å². The van der Waals surface area contributed by atoms with Crippen molar-refractivity contribution >= 4 is 16.9 Å². The highest BCUT2D eigenvalue weighted by Gasteiger charge is 2.16. The molecule has 0 spiro atoms. The predicted molar refractivity (Wildman–Crippen MR) is 89.7 cm³/mol. The third-order valence-corrected chi connectivity index (χ3v) is 3.92. The van der Waals surface area contributed by atoms with Crippen molar-refractivity contribution in [1.29, 1.82) is 0 Å². The van der Waals surface area contributed by atoms with Crippen molar-refractivity contribution in [3.63, 3.8) is 0 Å². The van der Waals surface area contributed by atoms with Gasteiger partial charge in [0.2, 0.25) is 0 Å². The lowest BCUT2D eigenvalue weighted by Gasteiger charge is -2.09. The van der Waals surface area contributed by atoms with E-state index >= 15 is 0 Å². The van der Waals surface area contributed by atoms with Crippen LogP contribution in [0, 0.1) is 6.92 Å². The van der Waals surface area contributed by atoms with Gasteiger partial charge in [-0.2, -0.15) is 0 Å². The summed E-state index contributed by atoms with van der Waals surface area (Å²) in [7, 11) is 1.36. The highest BCUT2D eigenvalue weighted by Crippen LogP contribution is 2.33. The number of nitrogens with zero attached hydrogens (tertiary/aromatic N) is 1. The molecule has 118 valence electrons. The summed E-state index contributed by atoms with van der Waals surface area (Å²) in [4.78, 5) is 11.4. The van der Waals surface area contributed by atoms with Gasteiger partial charge < -0.3 is 14.0 Å². The molecule has 0 amide bonds. The monoisotopic (exact) mass is 309 g/mol. The van der Waals surface area contributed by atoms with Gasteiger partial charge in [-0.1, -0.05) is 42.5 Å². The lowest BCUT2D eigenvalue weighted by Crippen LogP contribution is -2.13. The molecule has 0 saturated heterocycles. The van der Waals surface area contributed by atoms with E-state index in [1.807, 2.05) is 43.3 Å². The molecular formula is C19H19NO3. The van der Waals surface area contributed by atoms with Gasteiger partial charge in [0.1, 0.15) is 5.75 Å². The predicted octanol–water partition coefficient (Wildman–Crippen LogP) is 3.55. The summed E-state index contributed by atoms with van der Waals surface area (Å²) < 4.78 is 12.6. The summed E-state index contributed by atoms with van der Waals surface area (Å²) in [5, 5.41) is 1.00. The average molecular weight is 309 g/mol. The molecule has 0 bridgehead atoms. The molecule has 1 heterocycles. The molecule has 0 unspecified atom stereocenters. The van der Waals surface area contributed by atoms with Crippen LogP contribution in [-0.4, -0.2) is 24.3 Å². The number of hydrogen-bond acceptors (Lipinski definition) is 3. The maximum absolute atomic E-state index is 11.4. The standard InChI is InChI=1S/C19H19NO3/c1-14-19(23-13-18(21)22-2)16-10-6-7-11-17(16)20(14)12-15-8-4-3-5-9-15/h3-11H,12-13H2,1-2H3. The fourth-order valence-corrected chi connectivity index (χ4v) is 2.74. The lowest BCUT2D eigenvalue weighted by atomic mass is 10.2. The fraction of sp³-hybridized carbons (Fsp3) is 0.211. The maximum Gasteiger partial charge on any atom is 0.343 e. The van der Waals surface area contributed by atoms with Crippen LogP contribution >= 0.6 is 0 Å². The first-order chi connectivity index (χ1) is 11.2. The van der Waals surface area contributed by atoms with Gasteiger partial charge in [-0.3, -0.25) is 0 Å². The topological polar surface area (TPSA) is 40.5 Å². The second-order valence-electron chi connectivity index (χ2n) is 5.37. The summed E-state index contributed by atoms with van der Waals surface area (Å²) in [6.07, 6.45) is 0. The summed E-state index contributed by atoms with van der Waals surface area (Å²) in [6.45, 7) is 2.68. The number of para-hydroxylation sites is 1. The number of fused-ring (bicyclic) bond motifs is 1. The molecule has 0 aliphatic rings. The summed E-state index contributed by atoms with van der Waals surface area (Å²) in [6, 6.07) is 18.3. The molecule has 0 radical (unpaired) electrons. The Morgan fingerprint density at radius 1 is 1.04 bits per heavy atom. The molecule has 0 saturated carbocycles. The number of esters is 1. The highest BCUT2D eigenvalue weighted by atomic mass is 16.6. The molecule has 4 nitrogen and oxygen atoms in total. The second-order valence-corrected chi connectivity index (χ2v) is 5.37. The van der Waals surface area contributed by atoms with E-state index in [0.717, 1.165) is 28.9 Å². The molecule has 3 rings (SSSR count). The summed E-state index contributed by atoms with van der Waals surface area (Å²) in [5.41, 5.74) is 3.31. The molecule has 1 aromatic heterocycles. The quantitative estimate of drug-likeness (QED) is 0.677. The van der Waals surface area contributed by atoms with E-state index < -0.39 is 0 Å². The molecule has 0 atom stereocenters. The molecule has 23 heavy (non-hydrogen) atoms. The van der Waals surface area contributed by atoms with Crippen molar-refractivity contribution in [1.82, 2.24) is 4.57 Å². The van der Waals surface area contributed by atoms with E-state index in [9.17, 15) is 4.79 Å². The summed E-state index contributed by atoms with van der Waals surface area (Å²) in [5.74, 6) is 0.353. The number of carbonyl (C=O) groups excluding carboxylic acids is 1. The first-order valence-electron chi connectivity index (χ1n) is 7.52. The first kappa shape index (κ1) is 15.2. The van der Waals surface area contributed by atoms with Crippen LogP contribution in [0.15, 0.2) is 54.6 Å². The second kappa shape index (κ2) is 6.57. The van der Waals surface area contributed by atoms with E-state index in [4.69, 9.17) is 4.74 Å². The molecule has 0 aliphatic heterocycles. The highest BCUT2D eigenvalue weighted by molar-refractivity contribution is 5.89. The molecule has 0 N–H and O–H groups in total. The SMILES string of the molecule is COC(=O)COc1c(C)n(Cc2ccccc2)c2ccccc12. The van der Waals surface area contributed by atoms with Gasteiger partial charge in [-0.15, -0.1) is 0 Å². The third-order valence-electron chi connectivity index (χ3n) is 3.92. The van der Waals surface area contributed by atoms with Crippen LogP contribution < -0.4 is 4.74 Å². The molecule has 0 aliphatic carbocycles. The minimum absolute atomic E-state index is 0.0866. The zero-order valence-electron chi connectivity index (χ0n) is 13.3. The largest absolute Gasteiger partial charge is 0.479 e. The van der Waals surface area contributed by atoms with E-state index in [1.165, 1.54) is 12.7 Å². The lowest BCUT2D eigenvalue weighted by molar-refractivity contribution is -0.142. The number of carbonyl (C=O) groups is 1. The molecule has 2 aromatic carbocycles. The van der Waals surface area contributed by atoms with Crippen LogP contribution in [0.3, 0.4) is 0 Å². The Balaban J connectivity index is 2.01. The Bertz CT molecular complexity index is 821. The van der Waals surface area contributed by atoms with Gasteiger partial charge in [0.15, 0.2) is 6.61 Å². The Kier molecular flexibility index (Phi) is 4.33. The Labute approximate surface area is 135 Å². The number of benzene rings is 2. The third kappa shape index (κ3) is 3.06. The van der Waals surface area contributed by atoms with Crippen LogP contribution in [0.5, 0.6) is 5.75 Å². The van der Waals surface area contributed by atoms with Crippen LogP contribution in [0.25, 0.3) is 10.9 Å². The van der Waals surface area contributed by atoms with Gasteiger partial charge in [-0.25, -0.2) is 4.79 Å². The van der Waals surface area contributed by atoms with Gasteiger partial charge in [0, 0.05) is 11.9 Å². The average Bonchev–Trinajstić information content (AvgIpc) is 2.86. The van der Waals surface area contributed by atoms with Crippen molar-refractivity contribution in [3.05, 3.63) is 65.9 Å². The molecular weight excluding hydrogens is 290 g/mol. The van der Waals surface area contributed by atoms with E-state index in [-0.39, 0.29) is 12.6 Å². The van der Waals surface area contributed by atoms with E-state index in [1.54, 1.807) is 0 Å². The van der Waals surface area contributed by atoms with Crippen molar-refractivity contribution in [2.45, 2.75) is 13.5 Å². The zero-order chi connectivity index (χ0) is 16.2. The Hall–Kier alpha value is -2.75. The minimum Gasteiger partial charge on any atom is -0.479 e. The minimum atomic E-state index is -0.385. The van der Waals surface area contributed by atoms with Gasteiger partial charge >= 0.3 is 5.97 Å². The van der Waals surface area contributed by atoms with Crippen LogP contribution in [0.1, 0.15) is 11.3 Å². The van der Waals surface area contributed by atoms with E-state index in [2.05, 4.69) is 27.5 Å². The number of aromatic nitrogens is 1. The van der Waals surface area contributed by atoms with Crippen LogP contribution in [0.4, 0.5) is 0 Å². The number of hydrogen-bond donors (Lipinski definition) is 0. The molecule has 4 heteroatoms. The zero-order valence-corrected chi connectivity index (χ0v) is 13.3. The number of rotatable bonds is 5. The molecule has 0 fully saturated rings. The van der Waals surface area contributed by atoms with Crippen LogP contribution in [-0.2, 0) is 16.1 Å². The Morgan fingerprint density at radius 2 is 1.74 bits per heavy atom. The van der Waals surface area contributed by atoms with Gasteiger partial charge in [0.05, 0.1) is 18.3 Å². The first-order valence-corrected chi connectivity index (χ1v) is 7.52. The Morgan fingerprint density at radius 3 is 2.48 bits per heavy atom. The van der Waals surface area contributed by atoms with E-state index in [0.29, 0.717) is 0 Å². The smallest absolute Gasteiger partial charge is 0.343 e. The summed E-state index contributed by atoms with van der Waals surface area (Å²) >= 11 is 0. The molecule has 3 aromatic rings. The maximum atomic E-state index is 11.4. The van der Waals surface area contributed by atoms with Crippen molar-refractivity contribution < 1.29 is 14.3 Å². The van der Waals surface area contributed by atoms with Crippen LogP contribution in [0.2, 0.25) is 0 Å². The normalized spacial score (nSPS) is 10.7. The van der Waals surface area contributed by atoms with Gasteiger partial charge in [-0.05, 0) is 24.6 Å². The van der Waals surface area contributed by atoms with Crippen molar-refractivity contribution in [3.8, 4) is 5.75 Å².